The molecule has 0 saturated carbocycles. The second-order valence-corrected chi connectivity index (χ2v) is 8.77. The molecular weight excluding hydrogens is 434 g/mol. The number of aromatic nitrogens is 2. The van der Waals surface area contributed by atoms with Gasteiger partial charge in [-0.15, -0.1) is 0 Å². The van der Waals surface area contributed by atoms with Crippen LogP contribution in [0.4, 0.5) is 5.69 Å². The third-order valence-corrected chi connectivity index (χ3v) is 6.79. The van der Waals surface area contributed by atoms with E-state index in [1.807, 2.05) is 78.6 Å². The maximum absolute atomic E-state index is 13.1. The molecule has 166 valence electrons. The van der Waals surface area contributed by atoms with E-state index in [0.717, 1.165) is 38.8 Å². The molecule has 33 heavy (non-hydrogen) atoms. The van der Waals surface area contributed by atoms with Gasteiger partial charge >= 0.3 is 0 Å². The van der Waals surface area contributed by atoms with E-state index in [1.165, 1.54) is 5.56 Å². The maximum Gasteiger partial charge on any atom is 0.259 e. The summed E-state index contributed by atoms with van der Waals surface area (Å²) in [5.74, 6) is 2.01. The Morgan fingerprint density at radius 1 is 1.00 bits per heavy atom. The number of anilines is 1. The van der Waals surface area contributed by atoms with Gasteiger partial charge in [-0.2, -0.15) is 4.98 Å². The SMILES string of the molecule is CCN1C(=O)c2ccccc2Sc2cc(-c3noc(CCc4ccc(OC)cc4)n3)ccc21. The summed E-state index contributed by atoms with van der Waals surface area (Å²) in [5, 5.41) is 4.20. The highest BCUT2D eigenvalue weighted by Gasteiger charge is 2.26. The molecule has 5 rings (SSSR count). The molecule has 1 aliphatic heterocycles. The van der Waals surface area contributed by atoms with Gasteiger partial charge in [-0.05, 0) is 61.4 Å². The van der Waals surface area contributed by atoms with Gasteiger partial charge in [0.1, 0.15) is 5.75 Å². The molecule has 0 radical (unpaired) electrons. The molecule has 2 heterocycles. The molecule has 1 aromatic heterocycles. The van der Waals surface area contributed by atoms with Crippen LogP contribution in [0, 0.1) is 0 Å². The van der Waals surface area contributed by atoms with Crippen molar-refractivity contribution in [2.75, 3.05) is 18.6 Å². The monoisotopic (exact) mass is 457 g/mol. The topological polar surface area (TPSA) is 68.5 Å². The lowest BCUT2D eigenvalue weighted by atomic mass is 10.1. The zero-order valence-corrected chi connectivity index (χ0v) is 19.3. The predicted molar refractivity (Wildman–Crippen MR) is 128 cm³/mol. The number of amides is 1. The van der Waals surface area contributed by atoms with Gasteiger partial charge in [0, 0.05) is 28.3 Å². The first-order chi connectivity index (χ1) is 16.2. The molecule has 0 fully saturated rings. The fourth-order valence-electron chi connectivity index (χ4n) is 3.89. The van der Waals surface area contributed by atoms with E-state index in [2.05, 4.69) is 10.1 Å². The van der Waals surface area contributed by atoms with Gasteiger partial charge in [-0.1, -0.05) is 41.2 Å². The molecule has 0 N–H and O–H groups in total. The molecule has 7 heteroatoms. The van der Waals surface area contributed by atoms with Crippen molar-refractivity contribution in [1.82, 2.24) is 10.1 Å². The first-order valence-electron chi connectivity index (χ1n) is 10.8. The van der Waals surface area contributed by atoms with Crippen molar-refractivity contribution in [1.29, 1.82) is 0 Å². The fourth-order valence-corrected chi connectivity index (χ4v) is 5.01. The lowest BCUT2D eigenvalue weighted by Crippen LogP contribution is -2.30. The zero-order chi connectivity index (χ0) is 22.8. The highest BCUT2D eigenvalue weighted by molar-refractivity contribution is 7.99. The number of rotatable bonds is 6. The third kappa shape index (κ3) is 4.24. The molecule has 1 aliphatic rings. The van der Waals surface area contributed by atoms with Crippen molar-refractivity contribution in [3.8, 4) is 17.1 Å². The van der Waals surface area contributed by atoms with E-state index in [4.69, 9.17) is 9.26 Å². The Bertz CT molecular complexity index is 1300. The fraction of sp³-hybridized carbons (Fsp3) is 0.192. The molecule has 0 spiro atoms. The Labute approximate surface area is 196 Å². The molecule has 4 aromatic rings. The Morgan fingerprint density at radius 3 is 2.61 bits per heavy atom. The van der Waals surface area contributed by atoms with Crippen LogP contribution in [0.25, 0.3) is 11.4 Å². The van der Waals surface area contributed by atoms with Crippen LogP contribution in [-0.2, 0) is 12.8 Å². The summed E-state index contributed by atoms with van der Waals surface area (Å²) < 4.78 is 10.7. The Morgan fingerprint density at radius 2 is 1.82 bits per heavy atom. The summed E-state index contributed by atoms with van der Waals surface area (Å²) in [7, 11) is 1.66. The molecule has 3 aromatic carbocycles. The largest absolute Gasteiger partial charge is 0.497 e. The molecule has 0 saturated heterocycles. The van der Waals surface area contributed by atoms with E-state index in [-0.39, 0.29) is 5.91 Å². The molecule has 0 aliphatic carbocycles. The number of carbonyl (C=O) groups excluding carboxylic acids is 1. The molecule has 1 amide bonds. The van der Waals surface area contributed by atoms with E-state index in [9.17, 15) is 4.79 Å². The van der Waals surface area contributed by atoms with Crippen LogP contribution in [0.15, 0.2) is 81.0 Å². The molecule has 0 unspecified atom stereocenters. The summed E-state index contributed by atoms with van der Waals surface area (Å²) in [4.78, 5) is 21.4. The average molecular weight is 458 g/mol. The summed E-state index contributed by atoms with van der Waals surface area (Å²) in [6, 6.07) is 21.7. The van der Waals surface area contributed by atoms with Crippen molar-refractivity contribution < 1.29 is 14.1 Å². The van der Waals surface area contributed by atoms with Crippen LogP contribution in [0.3, 0.4) is 0 Å². The van der Waals surface area contributed by atoms with Crippen LogP contribution >= 0.6 is 11.8 Å². The smallest absolute Gasteiger partial charge is 0.259 e. The number of ether oxygens (including phenoxy) is 1. The molecular formula is C26H23N3O3S. The third-order valence-electron chi connectivity index (χ3n) is 5.66. The highest BCUT2D eigenvalue weighted by Crippen LogP contribution is 2.42. The van der Waals surface area contributed by atoms with Crippen LogP contribution < -0.4 is 9.64 Å². The standard InChI is InChI=1S/C26H23N3O3S/c1-3-29-21-14-11-18(16-23(21)33-22-7-5-4-6-20(22)26(29)30)25-27-24(32-28-25)15-10-17-8-12-19(31-2)13-9-17/h4-9,11-14,16H,3,10,15H2,1-2H3. The minimum Gasteiger partial charge on any atom is -0.497 e. The average Bonchev–Trinajstić information content (AvgIpc) is 3.29. The number of methoxy groups -OCH3 is 1. The van der Waals surface area contributed by atoms with Crippen molar-refractivity contribution in [2.45, 2.75) is 29.6 Å². The lowest BCUT2D eigenvalue weighted by Gasteiger charge is -2.21. The second kappa shape index (κ2) is 9.11. The van der Waals surface area contributed by atoms with Gasteiger partial charge in [0.25, 0.3) is 5.91 Å². The summed E-state index contributed by atoms with van der Waals surface area (Å²) in [6.45, 7) is 2.58. The van der Waals surface area contributed by atoms with Crippen molar-refractivity contribution in [2.24, 2.45) is 0 Å². The van der Waals surface area contributed by atoms with Crippen LogP contribution in [0.2, 0.25) is 0 Å². The first-order valence-corrected chi connectivity index (χ1v) is 11.7. The van der Waals surface area contributed by atoms with Crippen molar-refractivity contribution in [3.63, 3.8) is 0 Å². The van der Waals surface area contributed by atoms with Gasteiger partial charge in [0.15, 0.2) is 0 Å². The minimum atomic E-state index is 0.0208. The summed E-state index contributed by atoms with van der Waals surface area (Å²) in [5.41, 5.74) is 3.67. The van der Waals surface area contributed by atoms with Gasteiger partial charge in [0.2, 0.25) is 11.7 Å². The van der Waals surface area contributed by atoms with Gasteiger partial charge in [-0.25, -0.2) is 0 Å². The van der Waals surface area contributed by atoms with E-state index >= 15 is 0 Å². The van der Waals surface area contributed by atoms with Gasteiger partial charge in [0.05, 0.1) is 18.4 Å². The minimum absolute atomic E-state index is 0.0208. The van der Waals surface area contributed by atoms with E-state index in [1.54, 1.807) is 18.9 Å². The van der Waals surface area contributed by atoms with E-state index in [0.29, 0.717) is 24.7 Å². The van der Waals surface area contributed by atoms with Crippen molar-refractivity contribution >= 4 is 23.4 Å². The van der Waals surface area contributed by atoms with Crippen molar-refractivity contribution in [3.05, 3.63) is 83.7 Å². The van der Waals surface area contributed by atoms with Crippen LogP contribution in [0.5, 0.6) is 5.75 Å². The normalized spacial score (nSPS) is 12.8. The highest BCUT2D eigenvalue weighted by atomic mass is 32.2. The van der Waals surface area contributed by atoms with Gasteiger partial charge in [-0.3, -0.25) is 4.79 Å². The lowest BCUT2D eigenvalue weighted by molar-refractivity contribution is 0.0985. The predicted octanol–water partition coefficient (Wildman–Crippen LogP) is 5.66. The number of aryl methyl sites for hydroxylation is 2. The second-order valence-electron chi connectivity index (χ2n) is 7.69. The Hall–Kier alpha value is -3.58. The van der Waals surface area contributed by atoms with E-state index < -0.39 is 0 Å². The maximum atomic E-state index is 13.1. The number of hydrogen-bond donors (Lipinski definition) is 0. The van der Waals surface area contributed by atoms with Crippen LogP contribution in [-0.4, -0.2) is 29.7 Å². The van der Waals surface area contributed by atoms with Gasteiger partial charge < -0.3 is 14.2 Å². The summed E-state index contributed by atoms with van der Waals surface area (Å²) in [6.07, 6.45) is 1.46. The number of fused-ring (bicyclic) bond motifs is 2. The molecule has 0 atom stereocenters. The van der Waals surface area contributed by atoms with Crippen LogP contribution in [0.1, 0.15) is 28.7 Å². The quantitative estimate of drug-likeness (QED) is 0.372. The molecule has 0 bridgehead atoms. The zero-order valence-electron chi connectivity index (χ0n) is 18.4. The number of carbonyl (C=O) groups is 1. The Balaban J connectivity index is 1.39. The number of benzene rings is 3. The number of hydrogen-bond acceptors (Lipinski definition) is 6. The summed E-state index contributed by atoms with van der Waals surface area (Å²) >= 11 is 1.59. The Kier molecular flexibility index (Phi) is 5.88. The first kappa shape index (κ1) is 21.3. The molecule has 6 nitrogen and oxygen atoms in total. The number of nitrogens with zero attached hydrogens (tertiary/aromatic N) is 3.